The Hall–Kier alpha value is -1.21. The average Bonchev–Trinajstić information content (AvgIpc) is 3.07. The van der Waals surface area contributed by atoms with Crippen LogP contribution in [0.3, 0.4) is 0 Å². The molecule has 1 unspecified atom stereocenters. The molecule has 4 nitrogen and oxygen atoms in total. The second kappa shape index (κ2) is 8.76. The van der Waals surface area contributed by atoms with E-state index < -0.39 is 10.0 Å². The fourth-order valence-electron chi connectivity index (χ4n) is 2.79. The predicted octanol–water partition coefficient (Wildman–Crippen LogP) is 3.56. The van der Waals surface area contributed by atoms with Gasteiger partial charge in [0.05, 0.1) is 11.8 Å². The van der Waals surface area contributed by atoms with Crippen LogP contribution in [0.25, 0.3) is 0 Å². The maximum absolute atomic E-state index is 12.5. The van der Waals surface area contributed by atoms with Crippen molar-refractivity contribution in [1.82, 2.24) is 9.62 Å². The van der Waals surface area contributed by atoms with Gasteiger partial charge in [0.1, 0.15) is 0 Å². The summed E-state index contributed by atoms with van der Waals surface area (Å²) in [6.07, 6.45) is 0. The number of rotatable bonds is 9. The largest absolute Gasteiger partial charge is 0.295 e. The van der Waals surface area contributed by atoms with Crippen LogP contribution in [-0.2, 0) is 15.8 Å². The Morgan fingerprint density at radius 2 is 1.83 bits per heavy atom. The normalized spacial score (nSPS) is 13.3. The summed E-state index contributed by atoms with van der Waals surface area (Å²) in [6, 6.07) is 11.8. The molecule has 0 spiro atoms. The van der Waals surface area contributed by atoms with Crippen molar-refractivity contribution in [3.8, 4) is 0 Å². The molecule has 0 fully saturated rings. The predicted molar refractivity (Wildman–Crippen MR) is 102 cm³/mol. The Kier molecular flexibility index (Phi) is 6.98. The van der Waals surface area contributed by atoms with E-state index in [9.17, 15) is 8.42 Å². The molecule has 1 atom stereocenters. The van der Waals surface area contributed by atoms with E-state index in [1.807, 2.05) is 42.6 Å². The first-order valence-corrected chi connectivity index (χ1v) is 10.8. The number of likely N-dealkylation sites (N-methyl/N-ethyl adjacent to an activating group) is 1. The lowest BCUT2D eigenvalue weighted by atomic mass is 10.1. The molecule has 0 aliphatic rings. The van der Waals surface area contributed by atoms with Gasteiger partial charge in [0.25, 0.3) is 0 Å². The molecule has 2 aromatic rings. The summed E-state index contributed by atoms with van der Waals surface area (Å²) in [7, 11) is -3.37. The summed E-state index contributed by atoms with van der Waals surface area (Å²) in [5.41, 5.74) is 1.85. The van der Waals surface area contributed by atoms with Crippen LogP contribution >= 0.6 is 11.3 Å². The molecule has 0 aliphatic heterocycles. The molecule has 2 rings (SSSR count). The van der Waals surface area contributed by atoms with Gasteiger partial charge in [-0.15, -0.1) is 11.3 Å². The maximum atomic E-state index is 12.5. The van der Waals surface area contributed by atoms with Crippen molar-refractivity contribution >= 4 is 21.4 Å². The van der Waals surface area contributed by atoms with Crippen LogP contribution < -0.4 is 4.72 Å². The second-order valence-corrected chi connectivity index (χ2v) is 8.57. The van der Waals surface area contributed by atoms with Crippen LogP contribution in [0.4, 0.5) is 0 Å². The highest BCUT2D eigenvalue weighted by molar-refractivity contribution is 7.88. The van der Waals surface area contributed by atoms with Crippen molar-refractivity contribution in [2.45, 2.75) is 32.6 Å². The second-order valence-electron chi connectivity index (χ2n) is 5.79. The highest BCUT2D eigenvalue weighted by Gasteiger charge is 2.22. The van der Waals surface area contributed by atoms with Crippen LogP contribution in [0.2, 0.25) is 0 Å². The molecule has 0 saturated carbocycles. The van der Waals surface area contributed by atoms with Gasteiger partial charge in [-0.25, -0.2) is 13.1 Å². The number of nitrogens with zero attached hydrogens (tertiary/aromatic N) is 1. The van der Waals surface area contributed by atoms with Crippen molar-refractivity contribution < 1.29 is 8.42 Å². The van der Waals surface area contributed by atoms with Gasteiger partial charge in [-0.2, -0.15) is 0 Å². The minimum atomic E-state index is -3.37. The van der Waals surface area contributed by atoms with Crippen LogP contribution in [-0.4, -0.2) is 33.0 Å². The Balaban J connectivity index is 2.09. The first-order valence-electron chi connectivity index (χ1n) is 8.26. The van der Waals surface area contributed by atoms with Gasteiger partial charge >= 0.3 is 0 Å². The third-order valence-corrected chi connectivity index (χ3v) is 6.50. The van der Waals surface area contributed by atoms with Gasteiger partial charge in [0.2, 0.25) is 10.0 Å². The van der Waals surface area contributed by atoms with Crippen LogP contribution in [0.15, 0.2) is 41.8 Å². The van der Waals surface area contributed by atoms with Crippen molar-refractivity contribution in [1.29, 1.82) is 0 Å². The van der Waals surface area contributed by atoms with Crippen LogP contribution in [0.1, 0.15) is 35.9 Å². The molecule has 6 heteroatoms. The number of aryl methyl sites for hydroxylation is 1. The van der Waals surface area contributed by atoms with Gasteiger partial charge in [-0.1, -0.05) is 44.2 Å². The number of benzene rings is 1. The third-order valence-electron chi connectivity index (χ3n) is 4.23. The Morgan fingerprint density at radius 1 is 1.12 bits per heavy atom. The molecule has 1 aromatic heterocycles. The Bertz CT molecular complexity index is 723. The van der Waals surface area contributed by atoms with E-state index >= 15 is 0 Å². The lowest BCUT2D eigenvalue weighted by Crippen LogP contribution is -2.38. The monoisotopic (exact) mass is 366 g/mol. The Labute approximate surface area is 149 Å². The van der Waals surface area contributed by atoms with E-state index in [2.05, 4.69) is 29.5 Å². The van der Waals surface area contributed by atoms with Gasteiger partial charge in [0, 0.05) is 11.4 Å². The molecule has 0 bridgehead atoms. The maximum Gasteiger partial charge on any atom is 0.215 e. The average molecular weight is 367 g/mol. The smallest absolute Gasteiger partial charge is 0.215 e. The van der Waals surface area contributed by atoms with Gasteiger partial charge in [-0.3, -0.25) is 4.90 Å². The van der Waals surface area contributed by atoms with Crippen molar-refractivity contribution in [2.75, 3.05) is 19.6 Å². The zero-order valence-corrected chi connectivity index (χ0v) is 16.2. The quantitative estimate of drug-likeness (QED) is 0.738. The van der Waals surface area contributed by atoms with Gasteiger partial charge < -0.3 is 0 Å². The molecule has 1 aromatic carbocycles. The summed E-state index contributed by atoms with van der Waals surface area (Å²) in [4.78, 5) is 3.47. The van der Waals surface area contributed by atoms with E-state index in [-0.39, 0.29) is 11.8 Å². The zero-order chi connectivity index (χ0) is 17.6. The van der Waals surface area contributed by atoms with Crippen LogP contribution in [0.5, 0.6) is 0 Å². The highest BCUT2D eigenvalue weighted by atomic mass is 32.2. The summed E-state index contributed by atoms with van der Waals surface area (Å²) in [6.45, 7) is 8.32. The zero-order valence-electron chi connectivity index (χ0n) is 14.5. The topological polar surface area (TPSA) is 49.4 Å². The molecule has 1 heterocycles. The first-order chi connectivity index (χ1) is 11.5. The molecule has 0 saturated heterocycles. The summed E-state index contributed by atoms with van der Waals surface area (Å²) in [5.74, 6) is 0.0229. The first kappa shape index (κ1) is 19.1. The number of hydrogen-bond acceptors (Lipinski definition) is 4. The number of sulfonamides is 1. The third kappa shape index (κ3) is 5.14. The summed E-state index contributed by atoms with van der Waals surface area (Å²) < 4.78 is 27.8. The minimum absolute atomic E-state index is 0.0229. The van der Waals surface area contributed by atoms with Crippen molar-refractivity contribution in [2.24, 2.45) is 0 Å². The fourth-order valence-corrected chi connectivity index (χ4v) is 4.90. The lowest BCUT2D eigenvalue weighted by molar-refractivity contribution is 0.223. The van der Waals surface area contributed by atoms with Gasteiger partial charge in [0.15, 0.2) is 0 Å². The Morgan fingerprint density at radius 3 is 2.42 bits per heavy atom. The lowest BCUT2D eigenvalue weighted by Gasteiger charge is -2.29. The minimum Gasteiger partial charge on any atom is -0.295 e. The molecule has 0 aliphatic carbocycles. The fraction of sp³-hybridized carbons (Fsp3) is 0.444. The molecular formula is C18H26N2O2S2. The van der Waals surface area contributed by atoms with Crippen molar-refractivity contribution in [3.63, 3.8) is 0 Å². The van der Waals surface area contributed by atoms with Crippen molar-refractivity contribution in [3.05, 3.63) is 57.8 Å². The number of nitrogens with one attached hydrogen (secondary N) is 1. The molecule has 0 amide bonds. The van der Waals surface area contributed by atoms with E-state index in [1.54, 1.807) is 11.3 Å². The standard InChI is InChI=1S/C18H26N2O2S2/c1-4-20(5-2)17(18-11-8-12-23-18)13-19-24(21,22)14-16-10-7-6-9-15(16)3/h6-12,17,19H,4-5,13-14H2,1-3H3. The number of hydrogen-bond donors (Lipinski definition) is 1. The molecule has 0 radical (unpaired) electrons. The van der Waals surface area contributed by atoms with Crippen LogP contribution in [0, 0.1) is 6.92 Å². The number of thiophene rings is 1. The molecule has 1 N–H and O–H groups in total. The molecule has 132 valence electrons. The molecule has 24 heavy (non-hydrogen) atoms. The van der Waals surface area contributed by atoms with E-state index in [4.69, 9.17) is 0 Å². The van der Waals surface area contributed by atoms with E-state index in [0.717, 1.165) is 24.2 Å². The highest BCUT2D eigenvalue weighted by Crippen LogP contribution is 2.24. The van der Waals surface area contributed by atoms with Gasteiger partial charge in [-0.05, 0) is 42.6 Å². The van der Waals surface area contributed by atoms with E-state index in [0.29, 0.717) is 6.54 Å². The van der Waals surface area contributed by atoms with E-state index in [1.165, 1.54) is 4.88 Å². The summed E-state index contributed by atoms with van der Waals surface area (Å²) >= 11 is 1.67. The molecular weight excluding hydrogens is 340 g/mol. The SMILES string of the molecule is CCN(CC)C(CNS(=O)(=O)Cc1ccccc1C)c1cccs1. The summed E-state index contributed by atoms with van der Waals surface area (Å²) in [5, 5.41) is 2.04.